The lowest BCUT2D eigenvalue weighted by Crippen LogP contribution is -2.47. The van der Waals surface area contributed by atoms with E-state index in [2.05, 4.69) is 16.2 Å². The molecule has 9 heteroatoms. The lowest BCUT2D eigenvalue weighted by molar-refractivity contribution is -0.130. The molecule has 0 saturated carbocycles. The number of nitrogens with one attached hydrogen (secondary N) is 3. The Morgan fingerprint density at radius 1 is 0.966 bits per heavy atom. The number of likely N-dealkylation sites (N-methyl/N-ethyl adjacent to an activating group) is 1. The molecule has 0 fully saturated rings. The van der Waals surface area contributed by atoms with Gasteiger partial charge in [0, 0.05) is 24.2 Å². The van der Waals surface area contributed by atoms with Gasteiger partial charge in [-0.05, 0) is 49.0 Å². The molecule has 0 aliphatic carbocycles. The van der Waals surface area contributed by atoms with Crippen molar-refractivity contribution in [2.75, 3.05) is 27.2 Å². The molecule has 154 valence electrons. The molecule has 0 saturated heterocycles. The van der Waals surface area contributed by atoms with E-state index in [0.29, 0.717) is 22.9 Å². The molecule has 0 aliphatic heterocycles. The van der Waals surface area contributed by atoms with Crippen LogP contribution >= 0.6 is 11.6 Å². The van der Waals surface area contributed by atoms with Crippen LogP contribution in [0.25, 0.3) is 0 Å². The van der Waals surface area contributed by atoms with Crippen molar-refractivity contribution in [3.8, 4) is 5.75 Å². The maximum absolute atomic E-state index is 12.0. The Bertz CT molecular complexity index is 841. The van der Waals surface area contributed by atoms with Gasteiger partial charge in [-0.25, -0.2) is 0 Å². The zero-order valence-electron chi connectivity index (χ0n) is 16.2. The summed E-state index contributed by atoms with van der Waals surface area (Å²) in [7, 11) is 3.35. The second-order valence-corrected chi connectivity index (χ2v) is 6.72. The van der Waals surface area contributed by atoms with E-state index in [-0.39, 0.29) is 25.0 Å². The van der Waals surface area contributed by atoms with Crippen LogP contribution in [0.2, 0.25) is 5.02 Å². The summed E-state index contributed by atoms with van der Waals surface area (Å²) in [6, 6.07) is 13.7. The van der Waals surface area contributed by atoms with E-state index in [1.54, 1.807) is 55.4 Å². The second-order valence-electron chi connectivity index (χ2n) is 6.29. The normalized spacial score (nSPS) is 10.3. The Morgan fingerprint density at radius 2 is 1.59 bits per heavy atom. The molecule has 0 heterocycles. The molecular formula is C20H23ClN4O4. The Hall–Kier alpha value is -3.10. The molecule has 29 heavy (non-hydrogen) atoms. The standard InChI is InChI=1S/C20H23ClN4O4/c1-22-20(28)15-5-3-14(4-6-15)11-25(2)12-18(26)23-24-19(27)13-29-17-9-7-16(21)8-10-17/h3-10H,11-13H2,1-2H3,(H,22,28)(H,23,26)(H,24,27). The Balaban J connectivity index is 1.69. The summed E-state index contributed by atoms with van der Waals surface area (Å²) in [5, 5.41) is 3.13. The van der Waals surface area contributed by atoms with Crippen molar-refractivity contribution >= 4 is 29.3 Å². The van der Waals surface area contributed by atoms with E-state index in [9.17, 15) is 14.4 Å². The van der Waals surface area contributed by atoms with E-state index in [1.807, 2.05) is 12.1 Å². The number of carbonyl (C=O) groups is 3. The summed E-state index contributed by atoms with van der Waals surface area (Å²) in [6.45, 7) is 0.347. The molecule has 3 amide bonds. The first-order chi connectivity index (χ1) is 13.9. The van der Waals surface area contributed by atoms with Gasteiger partial charge in [0.1, 0.15) is 5.75 Å². The molecule has 3 N–H and O–H groups in total. The molecule has 0 atom stereocenters. The van der Waals surface area contributed by atoms with Crippen molar-refractivity contribution < 1.29 is 19.1 Å². The molecule has 0 radical (unpaired) electrons. The molecule has 0 bridgehead atoms. The summed E-state index contributed by atoms with van der Waals surface area (Å²) in [5.41, 5.74) is 6.16. The molecule has 0 unspecified atom stereocenters. The highest BCUT2D eigenvalue weighted by atomic mass is 35.5. The first kappa shape index (κ1) is 22.2. The highest BCUT2D eigenvalue weighted by Gasteiger charge is 2.10. The molecule has 2 rings (SSSR count). The van der Waals surface area contributed by atoms with Gasteiger partial charge in [-0.15, -0.1) is 0 Å². The monoisotopic (exact) mass is 418 g/mol. The lowest BCUT2D eigenvalue weighted by atomic mass is 10.1. The Labute approximate surface area is 174 Å². The molecule has 2 aromatic carbocycles. The van der Waals surface area contributed by atoms with Crippen LogP contribution in [0.5, 0.6) is 5.75 Å². The number of carbonyl (C=O) groups excluding carboxylic acids is 3. The minimum Gasteiger partial charge on any atom is -0.484 e. The van der Waals surface area contributed by atoms with E-state index < -0.39 is 5.91 Å². The SMILES string of the molecule is CNC(=O)c1ccc(CN(C)CC(=O)NNC(=O)COc2ccc(Cl)cc2)cc1. The summed E-state index contributed by atoms with van der Waals surface area (Å²) in [4.78, 5) is 37.0. The topological polar surface area (TPSA) is 99.8 Å². The highest BCUT2D eigenvalue weighted by Crippen LogP contribution is 2.15. The number of hydrogen-bond acceptors (Lipinski definition) is 5. The smallest absolute Gasteiger partial charge is 0.276 e. The first-order valence-electron chi connectivity index (χ1n) is 8.83. The first-order valence-corrected chi connectivity index (χ1v) is 9.21. The number of ether oxygens (including phenoxy) is 1. The Morgan fingerprint density at radius 3 is 2.21 bits per heavy atom. The van der Waals surface area contributed by atoms with Gasteiger partial charge >= 0.3 is 0 Å². The lowest BCUT2D eigenvalue weighted by Gasteiger charge is -2.17. The van der Waals surface area contributed by atoms with Crippen molar-refractivity contribution in [2.24, 2.45) is 0 Å². The number of hydrogen-bond donors (Lipinski definition) is 3. The molecular weight excluding hydrogens is 396 g/mol. The van der Waals surface area contributed by atoms with Crippen LogP contribution in [0.4, 0.5) is 0 Å². The highest BCUT2D eigenvalue weighted by molar-refractivity contribution is 6.30. The van der Waals surface area contributed by atoms with Crippen LogP contribution in [0.15, 0.2) is 48.5 Å². The van der Waals surface area contributed by atoms with Gasteiger partial charge in [-0.1, -0.05) is 23.7 Å². The van der Waals surface area contributed by atoms with E-state index in [1.165, 1.54) is 0 Å². The second kappa shape index (κ2) is 11.0. The van der Waals surface area contributed by atoms with Crippen molar-refractivity contribution in [2.45, 2.75) is 6.54 Å². The van der Waals surface area contributed by atoms with Crippen LogP contribution in [0.1, 0.15) is 15.9 Å². The largest absolute Gasteiger partial charge is 0.484 e. The van der Waals surface area contributed by atoms with E-state index in [4.69, 9.17) is 16.3 Å². The van der Waals surface area contributed by atoms with Crippen LogP contribution in [-0.4, -0.2) is 49.9 Å². The number of benzene rings is 2. The van der Waals surface area contributed by atoms with Gasteiger partial charge in [0.2, 0.25) is 0 Å². The van der Waals surface area contributed by atoms with Crippen LogP contribution in [-0.2, 0) is 16.1 Å². The fraction of sp³-hybridized carbons (Fsp3) is 0.250. The molecule has 8 nitrogen and oxygen atoms in total. The van der Waals surface area contributed by atoms with Gasteiger partial charge in [0.15, 0.2) is 6.61 Å². The van der Waals surface area contributed by atoms with Crippen molar-refractivity contribution in [1.82, 2.24) is 21.1 Å². The average Bonchev–Trinajstić information content (AvgIpc) is 2.71. The number of halogens is 1. The third-order valence-corrected chi connectivity index (χ3v) is 4.09. The van der Waals surface area contributed by atoms with Gasteiger partial charge in [-0.2, -0.15) is 0 Å². The molecule has 0 spiro atoms. The molecule has 0 aromatic heterocycles. The predicted molar refractivity (Wildman–Crippen MR) is 109 cm³/mol. The molecule has 2 aromatic rings. The third kappa shape index (κ3) is 7.81. The van der Waals surface area contributed by atoms with E-state index in [0.717, 1.165) is 5.56 Å². The van der Waals surface area contributed by atoms with Gasteiger partial charge in [0.05, 0.1) is 6.54 Å². The quantitative estimate of drug-likeness (QED) is 0.562. The number of rotatable bonds is 8. The fourth-order valence-electron chi connectivity index (χ4n) is 2.41. The van der Waals surface area contributed by atoms with Crippen LogP contribution < -0.4 is 20.9 Å². The van der Waals surface area contributed by atoms with Gasteiger partial charge < -0.3 is 10.1 Å². The zero-order chi connectivity index (χ0) is 21.2. The van der Waals surface area contributed by atoms with Crippen molar-refractivity contribution in [3.63, 3.8) is 0 Å². The summed E-state index contributed by atoms with van der Waals surface area (Å²) < 4.78 is 5.29. The fourth-order valence-corrected chi connectivity index (χ4v) is 2.54. The number of hydrazine groups is 1. The van der Waals surface area contributed by atoms with Gasteiger partial charge in [-0.3, -0.25) is 30.1 Å². The predicted octanol–water partition coefficient (Wildman–Crippen LogP) is 1.36. The third-order valence-electron chi connectivity index (χ3n) is 3.83. The van der Waals surface area contributed by atoms with Gasteiger partial charge in [0.25, 0.3) is 17.7 Å². The van der Waals surface area contributed by atoms with Crippen molar-refractivity contribution in [3.05, 3.63) is 64.7 Å². The Kier molecular flexibility index (Phi) is 8.45. The minimum atomic E-state index is -0.485. The molecule has 0 aliphatic rings. The average molecular weight is 419 g/mol. The van der Waals surface area contributed by atoms with E-state index >= 15 is 0 Å². The minimum absolute atomic E-state index is 0.0789. The number of amides is 3. The maximum Gasteiger partial charge on any atom is 0.276 e. The zero-order valence-corrected chi connectivity index (χ0v) is 17.0. The summed E-state index contributed by atoms with van der Waals surface area (Å²) in [6.07, 6.45) is 0. The summed E-state index contributed by atoms with van der Waals surface area (Å²) >= 11 is 5.77. The van der Waals surface area contributed by atoms with Crippen LogP contribution in [0.3, 0.4) is 0 Å². The summed E-state index contributed by atoms with van der Waals surface area (Å²) in [5.74, 6) is -0.506. The maximum atomic E-state index is 12.0. The number of nitrogens with zero attached hydrogens (tertiary/aromatic N) is 1. The van der Waals surface area contributed by atoms with Crippen molar-refractivity contribution in [1.29, 1.82) is 0 Å². The van der Waals surface area contributed by atoms with Crippen LogP contribution in [0, 0.1) is 0 Å².